The Labute approximate surface area is 149 Å². The molecule has 0 aliphatic carbocycles. The molecule has 2 aromatic rings. The Hall–Kier alpha value is -2.71. The van der Waals surface area contributed by atoms with Gasteiger partial charge >= 0.3 is 11.8 Å². The Balaban J connectivity index is 1.85. The van der Waals surface area contributed by atoms with Crippen molar-refractivity contribution in [2.75, 3.05) is 24.3 Å². The lowest BCUT2D eigenvalue weighted by Gasteiger charge is -2.14. The van der Waals surface area contributed by atoms with Crippen molar-refractivity contribution >= 4 is 40.4 Å². The summed E-state index contributed by atoms with van der Waals surface area (Å²) >= 11 is 1.53. The van der Waals surface area contributed by atoms with Gasteiger partial charge in [0.15, 0.2) is 0 Å². The van der Waals surface area contributed by atoms with Crippen molar-refractivity contribution in [1.82, 2.24) is 5.32 Å². The Morgan fingerprint density at radius 1 is 1.04 bits per heavy atom. The summed E-state index contributed by atoms with van der Waals surface area (Å²) in [5, 5.41) is 11.5. The van der Waals surface area contributed by atoms with Gasteiger partial charge in [0.25, 0.3) is 0 Å². The SMILES string of the molecule is COC(CNC(=O)C(=O)Nc1ccc(NC(C)=O)cc1)c1ccsc1. The molecule has 0 spiro atoms. The molecule has 0 fully saturated rings. The van der Waals surface area contributed by atoms with Gasteiger partial charge in [-0.15, -0.1) is 0 Å². The van der Waals surface area contributed by atoms with Gasteiger partial charge in [0.05, 0.1) is 0 Å². The molecule has 1 unspecified atom stereocenters. The van der Waals surface area contributed by atoms with Crippen LogP contribution in [-0.2, 0) is 19.1 Å². The highest BCUT2D eigenvalue weighted by Gasteiger charge is 2.17. The van der Waals surface area contributed by atoms with Gasteiger partial charge < -0.3 is 20.7 Å². The molecule has 8 heteroatoms. The number of carbonyl (C=O) groups is 3. The average Bonchev–Trinajstić information content (AvgIpc) is 3.11. The summed E-state index contributed by atoms with van der Waals surface area (Å²) in [7, 11) is 1.55. The third-order valence-electron chi connectivity index (χ3n) is 3.32. The Bertz CT molecular complexity index is 729. The van der Waals surface area contributed by atoms with Gasteiger partial charge in [-0.2, -0.15) is 11.3 Å². The normalized spacial score (nSPS) is 11.4. The Morgan fingerprint density at radius 2 is 1.68 bits per heavy atom. The van der Waals surface area contributed by atoms with E-state index in [-0.39, 0.29) is 18.6 Å². The predicted octanol–water partition coefficient (Wildman–Crippen LogP) is 2.15. The largest absolute Gasteiger partial charge is 0.375 e. The zero-order valence-corrected chi connectivity index (χ0v) is 14.7. The minimum atomic E-state index is -0.771. The van der Waals surface area contributed by atoms with Gasteiger partial charge in [-0.1, -0.05) is 0 Å². The zero-order valence-electron chi connectivity index (χ0n) is 13.9. The van der Waals surface area contributed by atoms with Crippen molar-refractivity contribution in [3.8, 4) is 0 Å². The first-order valence-electron chi connectivity index (χ1n) is 7.51. The van der Waals surface area contributed by atoms with Crippen molar-refractivity contribution in [3.63, 3.8) is 0 Å². The maximum atomic E-state index is 11.9. The number of carbonyl (C=O) groups excluding carboxylic acids is 3. The van der Waals surface area contributed by atoms with Crippen molar-refractivity contribution < 1.29 is 19.1 Å². The van der Waals surface area contributed by atoms with Crippen LogP contribution >= 0.6 is 11.3 Å². The molecule has 0 aliphatic rings. The van der Waals surface area contributed by atoms with Gasteiger partial charge in [0.2, 0.25) is 5.91 Å². The van der Waals surface area contributed by atoms with Gasteiger partial charge in [-0.3, -0.25) is 14.4 Å². The van der Waals surface area contributed by atoms with Crippen molar-refractivity contribution in [3.05, 3.63) is 46.7 Å². The molecule has 2 rings (SSSR count). The summed E-state index contributed by atoms with van der Waals surface area (Å²) in [6, 6.07) is 8.36. The molecule has 3 amide bonds. The molecule has 132 valence electrons. The highest BCUT2D eigenvalue weighted by atomic mass is 32.1. The predicted molar refractivity (Wildman–Crippen MR) is 96.5 cm³/mol. The number of methoxy groups -OCH3 is 1. The van der Waals surface area contributed by atoms with Crippen LogP contribution in [-0.4, -0.2) is 31.4 Å². The van der Waals surface area contributed by atoms with Crippen LogP contribution in [0.15, 0.2) is 41.1 Å². The zero-order chi connectivity index (χ0) is 18.2. The van der Waals surface area contributed by atoms with E-state index in [1.165, 1.54) is 18.3 Å². The minimum absolute atomic E-state index is 0.186. The number of rotatable bonds is 6. The van der Waals surface area contributed by atoms with E-state index >= 15 is 0 Å². The van der Waals surface area contributed by atoms with E-state index in [9.17, 15) is 14.4 Å². The van der Waals surface area contributed by atoms with Gasteiger partial charge in [0.1, 0.15) is 6.10 Å². The van der Waals surface area contributed by atoms with Crippen LogP contribution in [0.3, 0.4) is 0 Å². The molecule has 25 heavy (non-hydrogen) atoms. The smallest absolute Gasteiger partial charge is 0.313 e. The topological polar surface area (TPSA) is 96.5 Å². The molecule has 0 bridgehead atoms. The Morgan fingerprint density at radius 3 is 2.20 bits per heavy atom. The monoisotopic (exact) mass is 361 g/mol. The summed E-state index contributed by atoms with van der Waals surface area (Å²) in [4.78, 5) is 34.8. The first-order valence-corrected chi connectivity index (χ1v) is 8.45. The summed E-state index contributed by atoms with van der Waals surface area (Å²) < 4.78 is 5.31. The van der Waals surface area contributed by atoms with Crippen LogP contribution in [0, 0.1) is 0 Å². The quantitative estimate of drug-likeness (QED) is 0.687. The number of amides is 3. The summed E-state index contributed by atoms with van der Waals surface area (Å²) in [6.45, 7) is 1.60. The highest BCUT2D eigenvalue weighted by molar-refractivity contribution is 7.07. The van der Waals surface area contributed by atoms with Crippen molar-refractivity contribution in [2.45, 2.75) is 13.0 Å². The summed E-state index contributed by atoms with van der Waals surface area (Å²) in [6.07, 6.45) is -0.306. The first-order chi connectivity index (χ1) is 12.0. The second-order valence-electron chi connectivity index (χ2n) is 5.20. The van der Waals surface area contributed by atoms with E-state index in [1.54, 1.807) is 31.4 Å². The minimum Gasteiger partial charge on any atom is -0.375 e. The van der Waals surface area contributed by atoms with E-state index < -0.39 is 11.8 Å². The molecule has 0 saturated carbocycles. The fourth-order valence-electron chi connectivity index (χ4n) is 2.09. The molecule has 1 heterocycles. The third kappa shape index (κ3) is 5.70. The molecule has 7 nitrogen and oxygen atoms in total. The highest BCUT2D eigenvalue weighted by Crippen LogP contribution is 2.18. The number of anilines is 2. The molecule has 1 aromatic carbocycles. The van der Waals surface area contributed by atoms with E-state index in [1.807, 2.05) is 16.8 Å². The molecule has 1 aromatic heterocycles. The molecular weight excluding hydrogens is 342 g/mol. The van der Waals surface area contributed by atoms with Gasteiger partial charge in [-0.25, -0.2) is 0 Å². The van der Waals surface area contributed by atoms with Crippen LogP contribution in [0.1, 0.15) is 18.6 Å². The van der Waals surface area contributed by atoms with Crippen LogP contribution < -0.4 is 16.0 Å². The molecular formula is C17H19N3O4S. The average molecular weight is 361 g/mol. The van der Waals surface area contributed by atoms with Gasteiger partial charge in [-0.05, 0) is 46.7 Å². The molecule has 0 aliphatic heterocycles. The maximum Gasteiger partial charge on any atom is 0.313 e. The number of nitrogens with one attached hydrogen (secondary N) is 3. The van der Waals surface area contributed by atoms with Crippen LogP contribution in [0.25, 0.3) is 0 Å². The first kappa shape index (κ1) is 18.6. The summed E-state index contributed by atoms with van der Waals surface area (Å²) in [5.41, 5.74) is 2.01. The number of benzene rings is 1. The number of hydrogen-bond acceptors (Lipinski definition) is 5. The summed E-state index contributed by atoms with van der Waals surface area (Å²) in [5.74, 6) is -1.70. The third-order valence-corrected chi connectivity index (χ3v) is 4.02. The van der Waals surface area contributed by atoms with Crippen LogP contribution in [0.5, 0.6) is 0 Å². The Kier molecular flexibility index (Phi) is 6.67. The van der Waals surface area contributed by atoms with E-state index in [2.05, 4.69) is 16.0 Å². The van der Waals surface area contributed by atoms with Crippen molar-refractivity contribution in [2.24, 2.45) is 0 Å². The lowest BCUT2D eigenvalue weighted by Crippen LogP contribution is -2.37. The maximum absolute atomic E-state index is 11.9. The lowest BCUT2D eigenvalue weighted by atomic mass is 10.2. The van der Waals surface area contributed by atoms with Crippen molar-refractivity contribution in [1.29, 1.82) is 0 Å². The number of thiophene rings is 1. The molecule has 0 saturated heterocycles. The fourth-order valence-corrected chi connectivity index (χ4v) is 2.79. The molecule has 0 radical (unpaired) electrons. The second kappa shape index (κ2) is 8.95. The lowest BCUT2D eigenvalue weighted by molar-refractivity contribution is -0.136. The number of hydrogen-bond donors (Lipinski definition) is 3. The van der Waals surface area contributed by atoms with Crippen LogP contribution in [0.4, 0.5) is 11.4 Å². The van der Waals surface area contributed by atoms with Gasteiger partial charge in [0, 0.05) is 32.0 Å². The second-order valence-corrected chi connectivity index (χ2v) is 5.98. The molecule has 1 atom stereocenters. The van der Waals surface area contributed by atoms with Crippen LogP contribution in [0.2, 0.25) is 0 Å². The van der Waals surface area contributed by atoms with E-state index in [0.717, 1.165) is 5.56 Å². The standard InChI is InChI=1S/C17H19N3O4S/c1-11(21)19-13-3-5-14(6-4-13)20-17(23)16(22)18-9-15(24-2)12-7-8-25-10-12/h3-8,10,15H,9H2,1-2H3,(H,18,22)(H,19,21)(H,20,23). The van der Waals surface area contributed by atoms with E-state index in [0.29, 0.717) is 11.4 Å². The fraction of sp³-hybridized carbons (Fsp3) is 0.235. The molecule has 3 N–H and O–H groups in total. The number of ether oxygens (including phenoxy) is 1. The van der Waals surface area contributed by atoms with E-state index in [4.69, 9.17) is 4.74 Å².